The first-order chi connectivity index (χ1) is 14.2. The van der Waals surface area contributed by atoms with Crippen LogP contribution >= 0.6 is 0 Å². The summed E-state index contributed by atoms with van der Waals surface area (Å²) in [6, 6.07) is 6.55. The molecule has 30 heavy (non-hydrogen) atoms. The Hall–Kier alpha value is -2.83. The molecule has 0 bridgehead atoms. The predicted octanol–water partition coefficient (Wildman–Crippen LogP) is 3.43. The molecule has 1 unspecified atom stereocenters. The van der Waals surface area contributed by atoms with Crippen molar-refractivity contribution in [1.29, 1.82) is 0 Å². The molecule has 0 spiro atoms. The van der Waals surface area contributed by atoms with Crippen LogP contribution in [0.1, 0.15) is 45.1 Å². The monoisotopic (exact) mass is 416 g/mol. The van der Waals surface area contributed by atoms with Gasteiger partial charge in [0.25, 0.3) is 0 Å². The lowest BCUT2D eigenvalue weighted by Gasteiger charge is -2.35. The Kier molecular flexibility index (Phi) is 8.03. The summed E-state index contributed by atoms with van der Waals surface area (Å²) in [5, 5.41) is 2.57. The lowest BCUT2D eigenvalue weighted by atomic mass is 9.74. The van der Waals surface area contributed by atoms with Gasteiger partial charge in [-0.1, -0.05) is 32.1 Å². The maximum absolute atomic E-state index is 12.4. The summed E-state index contributed by atoms with van der Waals surface area (Å²) in [7, 11) is 3.10. The Labute approximate surface area is 178 Å². The van der Waals surface area contributed by atoms with E-state index in [1.807, 2.05) is 45.2 Å². The zero-order valence-electron chi connectivity index (χ0n) is 18.3. The van der Waals surface area contributed by atoms with Crippen LogP contribution in [0.2, 0.25) is 0 Å². The quantitative estimate of drug-likeness (QED) is 0.544. The molecule has 7 nitrogen and oxygen atoms in total. The lowest BCUT2D eigenvalue weighted by molar-refractivity contribution is -0.144. The number of likely N-dealkylation sites (N-methyl/N-ethyl adjacent to an activating group) is 1. The first kappa shape index (κ1) is 23.4. The molecule has 1 heterocycles. The Bertz CT molecular complexity index is 792. The van der Waals surface area contributed by atoms with Gasteiger partial charge in [0.05, 0.1) is 7.11 Å². The van der Waals surface area contributed by atoms with Crippen LogP contribution in [0.25, 0.3) is 0 Å². The third kappa shape index (κ3) is 5.62. The molecule has 1 aromatic rings. The highest BCUT2D eigenvalue weighted by Crippen LogP contribution is 2.38. The number of ether oxygens (including phenoxy) is 2. The molecule has 2 atom stereocenters. The Morgan fingerprint density at radius 2 is 2.10 bits per heavy atom. The molecule has 0 saturated carbocycles. The van der Waals surface area contributed by atoms with Gasteiger partial charge in [-0.25, -0.2) is 9.59 Å². The van der Waals surface area contributed by atoms with Crippen LogP contribution in [0.15, 0.2) is 36.9 Å². The van der Waals surface area contributed by atoms with E-state index in [4.69, 9.17) is 9.47 Å². The Morgan fingerprint density at radius 3 is 2.73 bits per heavy atom. The average Bonchev–Trinajstić information content (AvgIpc) is 2.85. The number of hydrogen-bond acceptors (Lipinski definition) is 5. The summed E-state index contributed by atoms with van der Waals surface area (Å²) < 4.78 is 10.2. The van der Waals surface area contributed by atoms with Crippen LogP contribution in [-0.4, -0.2) is 49.6 Å². The highest BCUT2D eigenvalue weighted by atomic mass is 16.6. The van der Waals surface area contributed by atoms with E-state index in [9.17, 15) is 14.4 Å². The molecule has 0 aromatic heterocycles. The number of likely N-dealkylation sites (tertiary alicyclic amines) is 1. The van der Waals surface area contributed by atoms with E-state index in [0.717, 1.165) is 18.4 Å². The van der Waals surface area contributed by atoms with Crippen LogP contribution in [0.4, 0.5) is 4.79 Å². The molecule has 7 heteroatoms. The number of carbonyl (C=O) groups excluding carboxylic acids is 3. The fourth-order valence-corrected chi connectivity index (χ4v) is 3.96. The SMILES string of the molecule is C=CCC1(c2cccc(OC(=O)N[C@H](C(=O)OC)C(C)C)c2)CCCC(=O)N(C)C1. The van der Waals surface area contributed by atoms with Crippen molar-refractivity contribution in [2.75, 3.05) is 20.7 Å². The molecule has 1 fully saturated rings. The zero-order chi connectivity index (χ0) is 22.3. The van der Waals surface area contributed by atoms with Gasteiger partial charge in [-0.05, 0) is 42.9 Å². The Balaban J connectivity index is 2.23. The van der Waals surface area contributed by atoms with Crippen molar-refractivity contribution in [2.45, 2.75) is 51.0 Å². The molecule has 1 N–H and O–H groups in total. The molecule has 0 radical (unpaired) electrons. The van der Waals surface area contributed by atoms with Crippen molar-refractivity contribution >= 4 is 18.0 Å². The van der Waals surface area contributed by atoms with Crippen molar-refractivity contribution in [3.05, 3.63) is 42.5 Å². The van der Waals surface area contributed by atoms with Gasteiger partial charge in [0.2, 0.25) is 5.91 Å². The molecule has 2 rings (SSSR count). The van der Waals surface area contributed by atoms with Crippen molar-refractivity contribution in [3.63, 3.8) is 0 Å². The van der Waals surface area contributed by atoms with E-state index in [2.05, 4.69) is 11.9 Å². The van der Waals surface area contributed by atoms with Gasteiger partial charge in [0.15, 0.2) is 0 Å². The third-order valence-electron chi connectivity index (χ3n) is 5.60. The van der Waals surface area contributed by atoms with E-state index in [1.54, 1.807) is 11.0 Å². The zero-order valence-corrected chi connectivity index (χ0v) is 18.3. The maximum atomic E-state index is 12.4. The molecule has 1 aliphatic rings. The van der Waals surface area contributed by atoms with E-state index in [-0.39, 0.29) is 17.2 Å². The number of nitrogens with zero attached hydrogens (tertiary/aromatic N) is 1. The van der Waals surface area contributed by atoms with Gasteiger partial charge in [-0.15, -0.1) is 6.58 Å². The van der Waals surface area contributed by atoms with Gasteiger partial charge in [0.1, 0.15) is 11.8 Å². The summed E-state index contributed by atoms with van der Waals surface area (Å²) in [5.74, 6) is -0.160. The molecular weight excluding hydrogens is 384 g/mol. The summed E-state index contributed by atoms with van der Waals surface area (Å²) >= 11 is 0. The number of hydrogen-bond donors (Lipinski definition) is 1. The second-order valence-corrected chi connectivity index (χ2v) is 8.18. The Morgan fingerprint density at radius 1 is 1.37 bits per heavy atom. The van der Waals surface area contributed by atoms with Crippen LogP contribution in [0.5, 0.6) is 5.75 Å². The predicted molar refractivity (Wildman–Crippen MR) is 114 cm³/mol. The fraction of sp³-hybridized carbons (Fsp3) is 0.522. The van der Waals surface area contributed by atoms with E-state index in [0.29, 0.717) is 25.1 Å². The minimum absolute atomic E-state index is 0.134. The van der Waals surface area contributed by atoms with Crippen molar-refractivity contribution in [2.24, 2.45) is 5.92 Å². The van der Waals surface area contributed by atoms with E-state index in [1.165, 1.54) is 7.11 Å². The minimum Gasteiger partial charge on any atom is -0.467 e. The topological polar surface area (TPSA) is 84.9 Å². The average molecular weight is 417 g/mol. The van der Waals surface area contributed by atoms with Gasteiger partial charge in [0, 0.05) is 25.4 Å². The second kappa shape index (κ2) is 10.3. The number of methoxy groups -OCH3 is 1. The van der Waals surface area contributed by atoms with Crippen molar-refractivity contribution in [3.8, 4) is 5.75 Å². The van der Waals surface area contributed by atoms with Crippen molar-refractivity contribution < 1.29 is 23.9 Å². The summed E-state index contributed by atoms with van der Waals surface area (Å²) in [6.45, 7) is 8.10. The maximum Gasteiger partial charge on any atom is 0.413 e. The van der Waals surface area contributed by atoms with E-state index < -0.39 is 18.1 Å². The molecule has 0 aliphatic carbocycles. The number of carbonyl (C=O) groups is 3. The first-order valence-corrected chi connectivity index (χ1v) is 10.2. The molecule has 1 saturated heterocycles. The highest BCUT2D eigenvalue weighted by Gasteiger charge is 2.36. The molecule has 1 aliphatic heterocycles. The summed E-state index contributed by atoms with van der Waals surface area (Å²) in [4.78, 5) is 38.2. The fourth-order valence-electron chi connectivity index (χ4n) is 3.96. The summed E-state index contributed by atoms with van der Waals surface area (Å²) in [6.07, 6.45) is 4.01. The largest absolute Gasteiger partial charge is 0.467 e. The minimum atomic E-state index is -0.792. The first-order valence-electron chi connectivity index (χ1n) is 10.2. The highest BCUT2D eigenvalue weighted by molar-refractivity contribution is 5.82. The standard InChI is InChI=1S/C23H32N2O5/c1-6-12-23(13-8-11-19(26)25(4)15-23)17-9-7-10-18(14-17)30-22(28)24-20(16(2)3)21(27)29-5/h6-7,9-10,14,16,20H,1,8,11-13,15H2,2-5H3,(H,24,28)/t20-,23?/m0/s1. The van der Waals surface area contributed by atoms with Crippen LogP contribution in [-0.2, 0) is 19.7 Å². The second-order valence-electron chi connectivity index (χ2n) is 8.18. The normalized spacial score (nSPS) is 20.3. The van der Waals surface area contributed by atoms with Crippen molar-refractivity contribution in [1.82, 2.24) is 10.2 Å². The van der Waals surface area contributed by atoms with E-state index >= 15 is 0 Å². The third-order valence-corrected chi connectivity index (χ3v) is 5.60. The summed E-state index contributed by atoms with van der Waals surface area (Å²) in [5.41, 5.74) is 0.702. The lowest BCUT2D eigenvalue weighted by Crippen LogP contribution is -2.46. The number of amides is 2. The van der Waals surface area contributed by atoms with Crippen LogP contribution < -0.4 is 10.1 Å². The molecule has 164 valence electrons. The number of allylic oxidation sites excluding steroid dienone is 1. The number of benzene rings is 1. The number of rotatable bonds is 7. The van der Waals surface area contributed by atoms with Crippen LogP contribution in [0, 0.1) is 5.92 Å². The van der Waals surface area contributed by atoms with Gasteiger partial charge in [-0.3, -0.25) is 4.79 Å². The number of esters is 1. The van der Waals surface area contributed by atoms with Gasteiger partial charge >= 0.3 is 12.1 Å². The molecular formula is C23H32N2O5. The molecule has 1 aromatic carbocycles. The van der Waals surface area contributed by atoms with Crippen LogP contribution in [0.3, 0.4) is 0 Å². The molecule has 2 amide bonds. The van der Waals surface area contributed by atoms with Gasteiger partial charge < -0.3 is 19.7 Å². The number of nitrogens with one attached hydrogen (secondary N) is 1. The van der Waals surface area contributed by atoms with Gasteiger partial charge in [-0.2, -0.15) is 0 Å². The smallest absolute Gasteiger partial charge is 0.413 e.